The fourth-order valence-electron chi connectivity index (χ4n) is 2.81. The van der Waals surface area contributed by atoms with E-state index in [0.717, 1.165) is 51.0 Å². The van der Waals surface area contributed by atoms with E-state index < -0.39 is 11.6 Å². The van der Waals surface area contributed by atoms with Crippen molar-refractivity contribution in [1.29, 1.82) is 0 Å². The van der Waals surface area contributed by atoms with Crippen LogP contribution in [-0.2, 0) is 4.79 Å². The molecule has 1 aromatic carbocycles. The SMILES string of the molecule is CCCN(CC(=O)Nc1ccc(F)cc1F)C1CCNCC1.Cl. The number of carbonyl (C=O) groups excluding carboxylic acids is 1. The molecule has 1 heterocycles. The number of halogens is 3. The monoisotopic (exact) mass is 347 g/mol. The van der Waals surface area contributed by atoms with Crippen LogP contribution in [0.1, 0.15) is 26.2 Å². The Morgan fingerprint density at radius 1 is 1.35 bits per heavy atom. The molecular formula is C16H24ClF2N3O. The first-order valence-electron chi connectivity index (χ1n) is 7.80. The quantitative estimate of drug-likeness (QED) is 0.831. The highest BCUT2D eigenvalue weighted by Gasteiger charge is 2.22. The van der Waals surface area contributed by atoms with Gasteiger partial charge in [0.05, 0.1) is 12.2 Å². The zero-order valence-corrected chi connectivity index (χ0v) is 14.1. The lowest BCUT2D eigenvalue weighted by molar-refractivity contribution is -0.118. The maximum atomic E-state index is 13.6. The maximum absolute atomic E-state index is 13.6. The van der Waals surface area contributed by atoms with E-state index in [1.165, 1.54) is 6.07 Å². The first-order chi connectivity index (χ1) is 10.6. The van der Waals surface area contributed by atoms with Crippen molar-refractivity contribution < 1.29 is 13.6 Å². The van der Waals surface area contributed by atoms with Crippen LogP contribution in [0, 0.1) is 11.6 Å². The second-order valence-electron chi connectivity index (χ2n) is 5.62. The summed E-state index contributed by atoms with van der Waals surface area (Å²) in [6.45, 7) is 5.06. The van der Waals surface area contributed by atoms with Gasteiger partial charge in [0, 0.05) is 12.1 Å². The van der Waals surface area contributed by atoms with Crippen LogP contribution >= 0.6 is 12.4 Å². The summed E-state index contributed by atoms with van der Waals surface area (Å²) in [5.74, 6) is -1.67. The van der Waals surface area contributed by atoms with Crippen LogP contribution < -0.4 is 10.6 Å². The molecule has 1 amide bonds. The Bertz CT molecular complexity index is 510. The van der Waals surface area contributed by atoms with Gasteiger partial charge in [-0.25, -0.2) is 8.78 Å². The van der Waals surface area contributed by atoms with Crippen LogP contribution in [0.15, 0.2) is 18.2 Å². The van der Waals surface area contributed by atoms with Crippen LogP contribution in [0.5, 0.6) is 0 Å². The molecule has 1 aliphatic rings. The van der Waals surface area contributed by atoms with Gasteiger partial charge in [0.2, 0.25) is 5.91 Å². The van der Waals surface area contributed by atoms with Crippen LogP contribution in [0.3, 0.4) is 0 Å². The third-order valence-corrected chi connectivity index (χ3v) is 3.89. The first-order valence-corrected chi connectivity index (χ1v) is 7.80. The molecular weight excluding hydrogens is 324 g/mol. The number of amides is 1. The van der Waals surface area contributed by atoms with Crippen LogP contribution in [-0.4, -0.2) is 43.0 Å². The molecule has 4 nitrogen and oxygen atoms in total. The van der Waals surface area contributed by atoms with E-state index in [2.05, 4.69) is 22.5 Å². The summed E-state index contributed by atoms with van der Waals surface area (Å²) in [5, 5.41) is 5.83. The predicted molar refractivity (Wildman–Crippen MR) is 90.0 cm³/mol. The highest BCUT2D eigenvalue weighted by molar-refractivity contribution is 5.92. The molecule has 0 bridgehead atoms. The van der Waals surface area contributed by atoms with E-state index in [9.17, 15) is 13.6 Å². The summed E-state index contributed by atoms with van der Waals surface area (Å²) in [6.07, 6.45) is 2.98. The highest BCUT2D eigenvalue weighted by atomic mass is 35.5. The summed E-state index contributed by atoms with van der Waals surface area (Å²) in [6, 6.07) is 3.53. The number of anilines is 1. The lowest BCUT2D eigenvalue weighted by atomic mass is 10.0. The van der Waals surface area contributed by atoms with Gasteiger partial charge < -0.3 is 10.6 Å². The first kappa shape index (κ1) is 19.8. The van der Waals surface area contributed by atoms with Crippen molar-refractivity contribution in [2.24, 2.45) is 0 Å². The Balaban J connectivity index is 0.00000264. The van der Waals surface area contributed by atoms with Gasteiger partial charge in [-0.05, 0) is 51.0 Å². The summed E-state index contributed by atoms with van der Waals surface area (Å²) >= 11 is 0. The summed E-state index contributed by atoms with van der Waals surface area (Å²) < 4.78 is 26.4. The molecule has 7 heteroatoms. The molecule has 0 atom stereocenters. The van der Waals surface area contributed by atoms with Crippen molar-refractivity contribution in [3.63, 3.8) is 0 Å². The zero-order chi connectivity index (χ0) is 15.9. The number of nitrogens with zero attached hydrogens (tertiary/aromatic N) is 1. The second kappa shape index (κ2) is 9.80. The maximum Gasteiger partial charge on any atom is 0.238 e. The lowest BCUT2D eigenvalue weighted by Crippen LogP contribution is -2.46. The number of carbonyl (C=O) groups is 1. The number of benzene rings is 1. The van der Waals surface area contributed by atoms with Gasteiger partial charge in [-0.3, -0.25) is 9.69 Å². The number of rotatable bonds is 6. The average molecular weight is 348 g/mol. The normalized spacial score (nSPS) is 15.3. The Morgan fingerprint density at radius 2 is 2.04 bits per heavy atom. The van der Waals surface area contributed by atoms with Gasteiger partial charge in [-0.2, -0.15) is 0 Å². The summed E-state index contributed by atoms with van der Waals surface area (Å²) in [7, 11) is 0. The van der Waals surface area contributed by atoms with E-state index in [-0.39, 0.29) is 30.5 Å². The Morgan fingerprint density at radius 3 is 2.65 bits per heavy atom. The molecule has 1 fully saturated rings. The smallest absolute Gasteiger partial charge is 0.238 e. The molecule has 0 saturated carbocycles. The topological polar surface area (TPSA) is 44.4 Å². The van der Waals surface area contributed by atoms with Crippen LogP contribution in [0.2, 0.25) is 0 Å². The van der Waals surface area contributed by atoms with Crippen LogP contribution in [0.4, 0.5) is 14.5 Å². The molecule has 1 aliphatic heterocycles. The van der Waals surface area contributed by atoms with Gasteiger partial charge in [-0.15, -0.1) is 12.4 Å². The van der Waals surface area contributed by atoms with Crippen molar-refractivity contribution in [3.8, 4) is 0 Å². The Hall–Kier alpha value is -1.24. The standard InChI is InChI=1S/C16H23F2N3O.ClH/c1-2-9-21(13-5-7-19-8-6-13)11-16(22)20-15-4-3-12(17)10-14(15)18;/h3-4,10,13,19H,2,5-9,11H2,1H3,(H,20,22);1H. The van der Waals surface area contributed by atoms with Crippen molar-refractivity contribution in [2.45, 2.75) is 32.2 Å². The molecule has 2 rings (SSSR count). The van der Waals surface area contributed by atoms with E-state index in [4.69, 9.17) is 0 Å². The summed E-state index contributed by atoms with van der Waals surface area (Å²) in [4.78, 5) is 14.3. The number of nitrogens with one attached hydrogen (secondary N) is 2. The lowest BCUT2D eigenvalue weighted by Gasteiger charge is -2.34. The van der Waals surface area contributed by atoms with Gasteiger partial charge >= 0.3 is 0 Å². The number of piperidine rings is 1. The summed E-state index contributed by atoms with van der Waals surface area (Å²) in [5.41, 5.74) is 0.0214. The number of hydrogen-bond donors (Lipinski definition) is 2. The average Bonchev–Trinajstić information content (AvgIpc) is 2.50. The van der Waals surface area contributed by atoms with E-state index in [0.29, 0.717) is 6.04 Å². The van der Waals surface area contributed by atoms with Gasteiger partial charge in [0.1, 0.15) is 11.6 Å². The van der Waals surface area contributed by atoms with E-state index in [1.54, 1.807) is 0 Å². The van der Waals surface area contributed by atoms with Gasteiger partial charge in [0.25, 0.3) is 0 Å². The second-order valence-corrected chi connectivity index (χ2v) is 5.62. The molecule has 0 radical (unpaired) electrons. The number of hydrogen-bond acceptors (Lipinski definition) is 3. The zero-order valence-electron chi connectivity index (χ0n) is 13.3. The van der Waals surface area contributed by atoms with E-state index in [1.807, 2.05) is 0 Å². The Kier molecular flexibility index (Phi) is 8.44. The molecule has 23 heavy (non-hydrogen) atoms. The third kappa shape index (κ3) is 6.05. The minimum Gasteiger partial charge on any atom is -0.322 e. The fourth-order valence-corrected chi connectivity index (χ4v) is 2.81. The predicted octanol–water partition coefficient (Wildman–Crippen LogP) is 2.79. The Labute approximate surface area is 142 Å². The molecule has 0 aromatic heterocycles. The minimum absolute atomic E-state index is 0. The molecule has 0 unspecified atom stereocenters. The van der Waals surface area contributed by atoms with Crippen molar-refractivity contribution in [1.82, 2.24) is 10.2 Å². The third-order valence-electron chi connectivity index (χ3n) is 3.89. The van der Waals surface area contributed by atoms with Gasteiger partial charge in [0.15, 0.2) is 0 Å². The van der Waals surface area contributed by atoms with Crippen LogP contribution in [0.25, 0.3) is 0 Å². The molecule has 1 aromatic rings. The van der Waals surface area contributed by atoms with Crippen molar-refractivity contribution >= 4 is 24.0 Å². The molecule has 0 aliphatic carbocycles. The van der Waals surface area contributed by atoms with Crippen molar-refractivity contribution in [2.75, 3.05) is 31.5 Å². The van der Waals surface area contributed by atoms with Gasteiger partial charge in [-0.1, -0.05) is 6.92 Å². The van der Waals surface area contributed by atoms with E-state index >= 15 is 0 Å². The fraction of sp³-hybridized carbons (Fsp3) is 0.562. The molecule has 130 valence electrons. The molecule has 0 spiro atoms. The molecule has 1 saturated heterocycles. The molecule has 2 N–H and O–H groups in total. The highest BCUT2D eigenvalue weighted by Crippen LogP contribution is 2.16. The van der Waals surface area contributed by atoms with Crippen molar-refractivity contribution in [3.05, 3.63) is 29.8 Å². The minimum atomic E-state index is -0.753. The largest absolute Gasteiger partial charge is 0.322 e.